The van der Waals surface area contributed by atoms with Crippen LogP contribution >= 0.6 is 15.9 Å². The van der Waals surface area contributed by atoms with Gasteiger partial charge in [-0.15, -0.1) is 0 Å². The Kier molecular flexibility index (Phi) is 5.36. The minimum Gasteiger partial charge on any atom is -0.481 e. The highest BCUT2D eigenvalue weighted by atomic mass is 79.9. The summed E-state index contributed by atoms with van der Waals surface area (Å²) in [6.07, 6.45) is -0.492. The molecule has 1 N–H and O–H groups in total. The van der Waals surface area contributed by atoms with Crippen LogP contribution in [0.15, 0.2) is 28.7 Å². The lowest BCUT2D eigenvalue weighted by molar-refractivity contribution is -0.148. The first-order valence-electron chi connectivity index (χ1n) is 6.85. The number of rotatable bonds is 4. The van der Waals surface area contributed by atoms with E-state index in [0.29, 0.717) is 19.7 Å². The molecule has 0 aliphatic carbocycles. The van der Waals surface area contributed by atoms with E-state index in [1.807, 2.05) is 31.2 Å². The van der Waals surface area contributed by atoms with Crippen LogP contribution < -0.4 is 0 Å². The van der Waals surface area contributed by atoms with Crippen molar-refractivity contribution in [2.24, 2.45) is 0 Å². The van der Waals surface area contributed by atoms with Gasteiger partial charge in [-0.1, -0.05) is 28.1 Å². The number of carbonyl (C=O) groups excluding carboxylic acids is 1. The minimum absolute atomic E-state index is 0.0102. The molecule has 21 heavy (non-hydrogen) atoms. The highest BCUT2D eigenvalue weighted by molar-refractivity contribution is 9.10. The summed E-state index contributed by atoms with van der Waals surface area (Å²) in [6.45, 7) is 3.10. The van der Waals surface area contributed by atoms with Gasteiger partial charge in [0, 0.05) is 17.6 Å². The van der Waals surface area contributed by atoms with E-state index in [9.17, 15) is 9.59 Å². The molecular weight excluding hydrogens is 338 g/mol. The average Bonchev–Trinajstić information content (AvgIpc) is 2.46. The van der Waals surface area contributed by atoms with Crippen molar-refractivity contribution < 1.29 is 19.4 Å². The Bertz CT molecular complexity index is 517. The third-order valence-electron chi connectivity index (χ3n) is 3.59. The standard InChI is InChI=1S/C15H18BrNO4/c1-10(11-2-4-12(16)5-3-11)15(20)17-6-7-21-13(9-17)8-14(18)19/h2-5,10,13H,6-9H2,1H3,(H,18,19). The van der Waals surface area contributed by atoms with Crippen LogP contribution in [0.25, 0.3) is 0 Å². The highest BCUT2D eigenvalue weighted by Crippen LogP contribution is 2.22. The third kappa shape index (κ3) is 4.28. The maximum Gasteiger partial charge on any atom is 0.306 e. The normalized spacial score (nSPS) is 20.1. The molecule has 2 rings (SSSR count). The molecule has 2 atom stereocenters. The molecule has 0 saturated carbocycles. The topological polar surface area (TPSA) is 66.8 Å². The fourth-order valence-electron chi connectivity index (χ4n) is 2.41. The number of benzene rings is 1. The molecular formula is C15H18BrNO4. The summed E-state index contributed by atoms with van der Waals surface area (Å²) >= 11 is 3.37. The van der Waals surface area contributed by atoms with Gasteiger partial charge in [-0.3, -0.25) is 9.59 Å². The first kappa shape index (κ1) is 16.0. The molecule has 1 heterocycles. The van der Waals surface area contributed by atoms with Gasteiger partial charge in [0.25, 0.3) is 0 Å². The van der Waals surface area contributed by atoms with E-state index < -0.39 is 12.1 Å². The quantitative estimate of drug-likeness (QED) is 0.899. The van der Waals surface area contributed by atoms with Crippen molar-refractivity contribution in [3.63, 3.8) is 0 Å². The van der Waals surface area contributed by atoms with Gasteiger partial charge in [0.15, 0.2) is 0 Å². The highest BCUT2D eigenvalue weighted by Gasteiger charge is 2.29. The number of ether oxygens (including phenoxy) is 1. The summed E-state index contributed by atoms with van der Waals surface area (Å²) in [7, 11) is 0. The van der Waals surface area contributed by atoms with Gasteiger partial charge < -0.3 is 14.7 Å². The number of amides is 1. The molecule has 1 aliphatic rings. The fourth-order valence-corrected chi connectivity index (χ4v) is 2.67. The van der Waals surface area contributed by atoms with Gasteiger partial charge in [-0.2, -0.15) is 0 Å². The van der Waals surface area contributed by atoms with E-state index in [1.165, 1.54) is 0 Å². The third-order valence-corrected chi connectivity index (χ3v) is 4.12. The maximum atomic E-state index is 12.5. The SMILES string of the molecule is CC(C(=O)N1CCOC(CC(=O)O)C1)c1ccc(Br)cc1. The van der Waals surface area contributed by atoms with Crippen LogP contribution in [-0.2, 0) is 14.3 Å². The summed E-state index contributed by atoms with van der Waals surface area (Å²) in [4.78, 5) is 25.0. The number of hydrogen-bond acceptors (Lipinski definition) is 3. The second-order valence-corrected chi connectivity index (χ2v) is 6.06. The average molecular weight is 356 g/mol. The number of carboxylic acids is 1. The Hall–Kier alpha value is -1.40. The Balaban J connectivity index is 2.01. The Morgan fingerprint density at radius 3 is 2.71 bits per heavy atom. The van der Waals surface area contributed by atoms with Crippen molar-refractivity contribution in [3.8, 4) is 0 Å². The summed E-state index contributed by atoms with van der Waals surface area (Å²) in [5.74, 6) is -1.15. The molecule has 0 aromatic heterocycles. The van der Waals surface area contributed by atoms with Crippen LogP contribution in [0.2, 0.25) is 0 Å². The second-order valence-electron chi connectivity index (χ2n) is 5.15. The zero-order chi connectivity index (χ0) is 15.4. The molecule has 1 fully saturated rings. The monoisotopic (exact) mass is 355 g/mol. The number of carbonyl (C=O) groups is 2. The number of aliphatic carboxylic acids is 1. The van der Waals surface area contributed by atoms with Gasteiger partial charge in [-0.05, 0) is 24.6 Å². The van der Waals surface area contributed by atoms with Crippen LogP contribution in [-0.4, -0.2) is 47.7 Å². The molecule has 0 bridgehead atoms. The molecule has 0 radical (unpaired) electrons. The fraction of sp³-hybridized carbons (Fsp3) is 0.467. The van der Waals surface area contributed by atoms with E-state index in [0.717, 1.165) is 10.0 Å². The van der Waals surface area contributed by atoms with E-state index >= 15 is 0 Å². The van der Waals surface area contributed by atoms with Crippen LogP contribution in [0, 0.1) is 0 Å². The van der Waals surface area contributed by atoms with Crippen LogP contribution in [0.5, 0.6) is 0 Å². The summed E-state index contributed by atoms with van der Waals surface area (Å²) in [5, 5.41) is 8.82. The Morgan fingerprint density at radius 2 is 2.10 bits per heavy atom. The number of nitrogens with zero attached hydrogens (tertiary/aromatic N) is 1. The van der Waals surface area contributed by atoms with Gasteiger partial charge in [0.1, 0.15) is 0 Å². The van der Waals surface area contributed by atoms with E-state index in [4.69, 9.17) is 9.84 Å². The molecule has 0 spiro atoms. The second kappa shape index (κ2) is 7.04. The van der Waals surface area contributed by atoms with Crippen molar-refractivity contribution in [2.75, 3.05) is 19.7 Å². The molecule has 2 unspecified atom stereocenters. The lowest BCUT2D eigenvalue weighted by Gasteiger charge is -2.34. The molecule has 5 nitrogen and oxygen atoms in total. The largest absolute Gasteiger partial charge is 0.481 e. The Morgan fingerprint density at radius 1 is 1.43 bits per heavy atom. The predicted molar refractivity (Wildman–Crippen MR) is 81.1 cm³/mol. The van der Waals surface area contributed by atoms with E-state index in [1.54, 1.807) is 4.90 Å². The Labute approximate surface area is 132 Å². The zero-order valence-corrected chi connectivity index (χ0v) is 13.4. The molecule has 1 aromatic rings. The number of halogens is 1. The molecule has 1 aliphatic heterocycles. The molecule has 1 aromatic carbocycles. The van der Waals surface area contributed by atoms with Gasteiger partial charge >= 0.3 is 5.97 Å². The first-order chi connectivity index (χ1) is 9.97. The van der Waals surface area contributed by atoms with Crippen LogP contribution in [0.3, 0.4) is 0 Å². The van der Waals surface area contributed by atoms with Gasteiger partial charge in [0.2, 0.25) is 5.91 Å². The molecule has 114 valence electrons. The molecule has 1 amide bonds. The lowest BCUT2D eigenvalue weighted by atomic mass is 9.99. The van der Waals surface area contributed by atoms with Crippen molar-refractivity contribution >= 4 is 27.8 Å². The van der Waals surface area contributed by atoms with Crippen molar-refractivity contribution in [3.05, 3.63) is 34.3 Å². The van der Waals surface area contributed by atoms with Gasteiger partial charge in [0.05, 0.1) is 25.0 Å². The predicted octanol–water partition coefficient (Wildman–Crippen LogP) is 2.25. The van der Waals surface area contributed by atoms with Crippen molar-refractivity contribution in [1.82, 2.24) is 4.90 Å². The molecule has 1 saturated heterocycles. The maximum absolute atomic E-state index is 12.5. The number of morpholine rings is 1. The summed E-state index contributed by atoms with van der Waals surface area (Å²) < 4.78 is 6.36. The van der Waals surface area contributed by atoms with Crippen molar-refractivity contribution in [2.45, 2.75) is 25.4 Å². The van der Waals surface area contributed by atoms with E-state index in [2.05, 4.69) is 15.9 Å². The van der Waals surface area contributed by atoms with Crippen LogP contribution in [0.1, 0.15) is 24.8 Å². The first-order valence-corrected chi connectivity index (χ1v) is 7.64. The smallest absolute Gasteiger partial charge is 0.306 e. The van der Waals surface area contributed by atoms with Crippen molar-refractivity contribution in [1.29, 1.82) is 0 Å². The summed E-state index contributed by atoms with van der Waals surface area (Å²) in [5.41, 5.74) is 0.949. The minimum atomic E-state index is -0.907. The molecule has 6 heteroatoms. The van der Waals surface area contributed by atoms with Gasteiger partial charge in [-0.25, -0.2) is 0 Å². The summed E-state index contributed by atoms with van der Waals surface area (Å²) in [6, 6.07) is 7.65. The zero-order valence-electron chi connectivity index (χ0n) is 11.8. The lowest BCUT2D eigenvalue weighted by Crippen LogP contribution is -2.47. The van der Waals surface area contributed by atoms with E-state index in [-0.39, 0.29) is 18.2 Å². The number of carboxylic acid groups (broad SMARTS) is 1. The van der Waals surface area contributed by atoms with Crippen LogP contribution in [0.4, 0.5) is 0 Å². The number of hydrogen-bond donors (Lipinski definition) is 1.